The number of ether oxygens (including phenoxy) is 1. The number of hydrogen-bond acceptors (Lipinski definition) is 2. The Morgan fingerprint density at radius 2 is 1.23 bits per heavy atom. The maximum absolute atomic E-state index is 5.56. The minimum Gasteiger partial charge on any atom is -0.378 e. The second-order valence-corrected chi connectivity index (χ2v) is 9.94. The van der Waals surface area contributed by atoms with Gasteiger partial charge in [-0.05, 0) is 31.9 Å². The quantitative estimate of drug-likeness (QED) is 0.219. The summed E-state index contributed by atoms with van der Waals surface area (Å²) in [7, 11) is 0. The Kier molecular flexibility index (Phi) is 17.5. The van der Waals surface area contributed by atoms with Gasteiger partial charge in [0.1, 0.15) is 0 Å². The largest absolute Gasteiger partial charge is 0.378 e. The van der Waals surface area contributed by atoms with E-state index in [2.05, 4.69) is 25.6 Å². The SMILES string of the molecule is CC(C)OCCSCCCCCCCCCCCCCC1CCCCC1. The maximum atomic E-state index is 5.56. The van der Waals surface area contributed by atoms with E-state index >= 15 is 0 Å². The van der Waals surface area contributed by atoms with Crippen LogP contribution in [-0.2, 0) is 4.74 Å². The zero-order valence-electron chi connectivity index (χ0n) is 18.1. The van der Waals surface area contributed by atoms with Crippen molar-refractivity contribution in [2.75, 3.05) is 18.1 Å². The molecule has 0 aliphatic heterocycles. The summed E-state index contributed by atoms with van der Waals surface area (Å²) in [6.07, 6.45) is 25.6. The van der Waals surface area contributed by atoms with E-state index in [1.165, 1.54) is 121 Å². The molecule has 0 radical (unpaired) electrons. The Balaban J connectivity index is 1.66. The van der Waals surface area contributed by atoms with Crippen LogP contribution in [0.5, 0.6) is 0 Å². The van der Waals surface area contributed by atoms with Crippen molar-refractivity contribution in [1.29, 1.82) is 0 Å². The summed E-state index contributed by atoms with van der Waals surface area (Å²) in [6, 6.07) is 0. The number of thioether (sulfide) groups is 1. The molecule has 0 spiro atoms. The van der Waals surface area contributed by atoms with Gasteiger partial charge in [-0.25, -0.2) is 0 Å². The molecule has 0 bridgehead atoms. The molecule has 0 aromatic heterocycles. The zero-order chi connectivity index (χ0) is 18.7. The first-order chi connectivity index (χ1) is 12.8. The molecule has 1 rings (SSSR count). The van der Waals surface area contributed by atoms with E-state index < -0.39 is 0 Å². The van der Waals surface area contributed by atoms with Crippen molar-refractivity contribution in [1.82, 2.24) is 0 Å². The molecule has 1 aliphatic rings. The first kappa shape index (κ1) is 24.3. The van der Waals surface area contributed by atoms with Crippen LogP contribution in [0.2, 0.25) is 0 Å². The van der Waals surface area contributed by atoms with Crippen molar-refractivity contribution >= 4 is 11.8 Å². The summed E-state index contributed by atoms with van der Waals surface area (Å²) < 4.78 is 5.56. The van der Waals surface area contributed by atoms with E-state index in [1.54, 1.807) is 0 Å². The van der Waals surface area contributed by atoms with Crippen LogP contribution in [0.4, 0.5) is 0 Å². The Morgan fingerprint density at radius 3 is 1.81 bits per heavy atom. The Hall–Kier alpha value is 0.310. The minimum atomic E-state index is 0.386. The van der Waals surface area contributed by atoms with Gasteiger partial charge in [-0.1, -0.05) is 103 Å². The standard InChI is InChI=1S/C24H48OS/c1-23(2)25-20-22-26-21-16-11-9-7-5-3-4-6-8-10-13-17-24-18-14-12-15-19-24/h23-24H,3-22H2,1-2H3. The first-order valence-corrected chi connectivity index (χ1v) is 13.1. The van der Waals surface area contributed by atoms with Gasteiger partial charge >= 0.3 is 0 Å². The lowest BCUT2D eigenvalue weighted by Crippen LogP contribution is -2.05. The van der Waals surface area contributed by atoms with Crippen LogP contribution in [0, 0.1) is 5.92 Å². The van der Waals surface area contributed by atoms with Gasteiger partial charge in [0.25, 0.3) is 0 Å². The molecule has 0 aromatic carbocycles. The second kappa shape index (κ2) is 18.7. The monoisotopic (exact) mass is 384 g/mol. The molecule has 156 valence electrons. The van der Waals surface area contributed by atoms with E-state index in [0.717, 1.165) is 12.5 Å². The molecular formula is C24H48OS. The lowest BCUT2D eigenvalue weighted by atomic mass is 9.85. The van der Waals surface area contributed by atoms with Crippen molar-refractivity contribution in [2.45, 2.75) is 129 Å². The van der Waals surface area contributed by atoms with Crippen LogP contribution in [-0.4, -0.2) is 24.2 Å². The molecular weight excluding hydrogens is 336 g/mol. The molecule has 2 heteroatoms. The average Bonchev–Trinajstić information content (AvgIpc) is 2.65. The number of rotatable bonds is 18. The average molecular weight is 385 g/mol. The van der Waals surface area contributed by atoms with Gasteiger partial charge in [0.15, 0.2) is 0 Å². The number of hydrogen-bond donors (Lipinski definition) is 0. The molecule has 0 unspecified atom stereocenters. The fourth-order valence-corrected chi connectivity index (χ4v) is 4.98. The fraction of sp³-hybridized carbons (Fsp3) is 1.00. The highest BCUT2D eigenvalue weighted by molar-refractivity contribution is 7.99. The normalized spacial score (nSPS) is 15.8. The lowest BCUT2D eigenvalue weighted by molar-refractivity contribution is 0.0920. The highest BCUT2D eigenvalue weighted by Gasteiger charge is 2.12. The highest BCUT2D eigenvalue weighted by atomic mass is 32.2. The third kappa shape index (κ3) is 16.5. The molecule has 1 saturated carbocycles. The highest BCUT2D eigenvalue weighted by Crippen LogP contribution is 2.28. The summed E-state index contributed by atoms with van der Waals surface area (Å²) in [4.78, 5) is 0. The van der Waals surface area contributed by atoms with E-state index in [4.69, 9.17) is 4.74 Å². The Morgan fingerprint density at radius 1 is 0.692 bits per heavy atom. The molecule has 0 aromatic rings. The third-order valence-corrected chi connectivity index (χ3v) is 6.84. The zero-order valence-corrected chi connectivity index (χ0v) is 18.9. The van der Waals surface area contributed by atoms with E-state index in [9.17, 15) is 0 Å². The van der Waals surface area contributed by atoms with E-state index in [1.807, 2.05) is 0 Å². The smallest absolute Gasteiger partial charge is 0.0560 e. The molecule has 26 heavy (non-hydrogen) atoms. The van der Waals surface area contributed by atoms with Crippen molar-refractivity contribution < 1.29 is 4.74 Å². The van der Waals surface area contributed by atoms with Crippen molar-refractivity contribution in [2.24, 2.45) is 5.92 Å². The third-order valence-electron chi connectivity index (χ3n) is 5.80. The van der Waals surface area contributed by atoms with Crippen LogP contribution in [0.1, 0.15) is 123 Å². The van der Waals surface area contributed by atoms with Crippen LogP contribution >= 0.6 is 11.8 Å². The van der Waals surface area contributed by atoms with Crippen molar-refractivity contribution in [3.05, 3.63) is 0 Å². The summed E-state index contributed by atoms with van der Waals surface area (Å²) in [5.41, 5.74) is 0. The number of unbranched alkanes of at least 4 members (excludes halogenated alkanes) is 10. The fourth-order valence-electron chi connectivity index (χ4n) is 4.15. The van der Waals surface area contributed by atoms with Crippen molar-refractivity contribution in [3.63, 3.8) is 0 Å². The summed E-state index contributed by atoms with van der Waals surface area (Å²) >= 11 is 2.06. The molecule has 1 fully saturated rings. The molecule has 0 heterocycles. The van der Waals surface area contributed by atoms with Crippen LogP contribution in [0.3, 0.4) is 0 Å². The summed E-state index contributed by atoms with van der Waals surface area (Å²) in [5, 5.41) is 0. The lowest BCUT2D eigenvalue weighted by Gasteiger charge is -2.21. The predicted octanol–water partition coefficient (Wildman–Crippen LogP) is 8.41. The van der Waals surface area contributed by atoms with Crippen LogP contribution in [0.15, 0.2) is 0 Å². The minimum absolute atomic E-state index is 0.386. The molecule has 1 nitrogen and oxygen atoms in total. The van der Waals surface area contributed by atoms with Gasteiger partial charge in [0.05, 0.1) is 12.7 Å². The molecule has 1 aliphatic carbocycles. The van der Waals surface area contributed by atoms with Gasteiger partial charge in [-0.15, -0.1) is 0 Å². The van der Waals surface area contributed by atoms with Gasteiger partial charge in [-0.3, -0.25) is 0 Å². The summed E-state index contributed by atoms with van der Waals surface area (Å²) in [5.74, 6) is 3.58. The van der Waals surface area contributed by atoms with E-state index in [0.29, 0.717) is 6.10 Å². The second-order valence-electron chi connectivity index (χ2n) is 8.71. The van der Waals surface area contributed by atoms with Crippen LogP contribution in [0.25, 0.3) is 0 Å². The first-order valence-electron chi connectivity index (χ1n) is 12.0. The Bertz CT molecular complexity index is 273. The van der Waals surface area contributed by atoms with Gasteiger partial charge in [-0.2, -0.15) is 11.8 Å². The molecule has 0 saturated heterocycles. The van der Waals surface area contributed by atoms with Crippen LogP contribution < -0.4 is 0 Å². The molecule has 0 amide bonds. The van der Waals surface area contributed by atoms with Gasteiger partial charge < -0.3 is 4.74 Å². The molecule has 0 atom stereocenters. The van der Waals surface area contributed by atoms with Gasteiger partial charge in [0, 0.05) is 5.75 Å². The summed E-state index contributed by atoms with van der Waals surface area (Å²) in [6.45, 7) is 5.15. The topological polar surface area (TPSA) is 9.23 Å². The van der Waals surface area contributed by atoms with Gasteiger partial charge in [0.2, 0.25) is 0 Å². The Labute approximate surface area is 169 Å². The molecule has 0 N–H and O–H groups in total. The predicted molar refractivity (Wildman–Crippen MR) is 120 cm³/mol. The maximum Gasteiger partial charge on any atom is 0.0560 e. The van der Waals surface area contributed by atoms with E-state index in [-0.39, 0.29) is 0 Å². The van der Waals surface area contributed by atoms with Crippen molar-refractivity contribution in [3.8, 4) is 0 Å².